The highest BCUT2D eigenvalue weighted by Crippen LogP contribution is 2.41. The van der Waals surface area contributed by atoms with Gasteiger partial charge >= 0.3 is 0 Å². The molecule has 0 unspecified atom stereocenters. The number of aromatic nitrogens is 3. The highest BCUT2D eigenvalue weighted by molar-refractivity contribution is 7.18. The number of nitrogens with zero attached hydrogens (tertiary/aromatic N) is 3. The quantitative estimate of drug-likeness (QED) is 0.709. The molecular formula is C22H26N4O2S. The number of fused-ring (bicyclic) bond motifs is 3. The van der Waals surface area contributed by atoms with Crippen molar-refractivity contribution in [2.24, 2.45) is 11.3 Å². The van der Waals surface area contributed by atoms with E-state index in [0.29, 0.717) is 16.1 Å². The van der Waals surface area contributed by atoms with Gasteiger partial charge in [-0.15, -0.1) is 16.4 Å². The summed E-state index contributed by atoms with van der Waals surface area (Å²) in [5.74, 6) is 0.310. The summed E-state index contributed by atoms with van der Waals surface area (Å²) in [5, 5.41) is 11.8. The summed E-state index contributed by atoms with van der Waals surface area (Å²) in [6, 6.07) is 7.55. The highest BCUT2D eigenvalue weighted by Gasteiger charge is 2.32. The van der Waals surface area contributed by atoms with E-state index in [9.17, 15) is 9.59 Å². The van der Waals surface area contributed by atoms with Crippen molar-refractivity contribution in [3.8, 4) is 0 Å². The van der Waals surface area contributed by atoms with Crippen molar-refractivity contribution in [3.63, 3.8) is 0 Å². The van der Waals surface area contributed by atoms with E-state index in [1.165, 1.54) is 9.56 Å². The zero-order valence-electron chi connectivity index (χ0n) is 17.3. The molecule has 2 aromatic heterocycles. The van der Waals surface area contributed by atoms with Crippen LogP contribution in [0.15, 0.2) is 29.1 Å². The van der Waals surface area contributed by atoms with Crippen LogP contribution >= 0.6 is 11.3 Å². The maximum Gasteiger partial charge on any atom is 0.279 e. The molecule has 0 spiro atoms. The molecule has 4 rings (SSSR count). The third-order valence-corrected chi connectivity index (χ3v) is 7.01. The molecule has 2 heterocycles. The van der Waals surface area contributed by atoms with Gasteiger partial charge in [0.25, 0.3) is 5.56 Å². The highest BCUT2D eigenvalue weighted by atomic mass is 32.1. The number of rotatable bonds is 3. The number of hydrogen-bond donors (Lipinski definition) is 1. The largest absolute Gasteiger partial charge is 0.324 e. The first kappa shape index (κ1) is 19.8. The van der Waals surface area contributed by atoms with Crippen LogP contribution in [0.5, 0.6) is 0 Å². The summed E-state index contributed by atoms with van der Waals surface area (Å²) in [6.07, 6.45) is 2.93. The first-order valence-electron chi connectivity index (χ1n) is 9.97. The van der Waals surface area contributed by atoms with Crippen LogP contribution in [0.1, 0.15) is 43.2 Å². The number of para-hydroxylation sites is 1. The Kier molecular flexibility index (Phi) is 5.02. The average Bonchev–Trinajstić information content (AvgIpc) is 3.03. The van der Waals surface area contributed by atoms with Gasteiger partial charge in [-0.2, -0.15) is 0 Å². The van der Waals surface area contributed by atoms with Gasteiger partial charge < -0.3 is 5.32 Å². The van der Waals surface area contributed by atoms with Gasteiger partial charge in [0.05, 0.1) is 5.39 Å². The van der Waals surface area contributed by atoms with Gasteiger partial charge in [-0.1, -0.05) is 44.2 Å². The first-order valence-corrected chi connectivity index (χ1v) is 10.8. The third-order valence-electron chi connectivity index (χ3n) is 5.88. The van der Waals surface area contributed by atoms with Gasteiger partial charge in [0.2, 0.25) is 5.91 Å². The number of amides is 1. The second kappa shape index (κ2) is 7.37. The minimum Gasteiger partial charge on any atom is -0.324 e. The van der Waals surface area contributed by atoms with Crippen LogP contribution in [0.2, 0.25) is 0 Å². The van der Waals surface area contributed by atoms with Crippen LogP contribution < -0.4 is 10.9 Å². The molecule has 3 aromatic rings. The second-order valence-corrected chi connectivity index (χ2v) is 9.99. The van der Waals surface area contributed by atoms with Gasteiger partial charge in [-0.3, -0.25) is 9.59 Å². The molecule has 152 valence electrons. The lowest BCUT2D eigenvalue weighted by Gasteiger charge is -2.33. The maximum absolute atomic E-state index is 13.1. The zero-order chi connectivity index (χ0) is 20.8. The molecule has 1 N–H and O–H groups in total. The zero-order valence-corrected chi connectivity index (χ0v) is 18.1. The molecule has 7 heteroatoms. The van der Waals surface area contributed by atoms with Crippen LogP contribution in [0.25, 0.3) is 10.2 Å². The fourth-order valence-corrected chi connectivity index (χ4v) is 5.24. The standard InChI is InChI=1S/C22H26N4O2S/c1-13-7-5-6-8-16(13)23-18(27)12-26-21(28)19-15-10-9-14(22(2,3)4)11-17(15)29-20(19)24-25-26/h5-8,14H,9-12H2,1-4H3,(H,23,27)/t14-/m1/s1. The number of benzene rings is 1. The second-order valence-electron chi connectivity index (χ2n) is 8.91. The maximum atomic E-state index is 13.1. The monoisotopic (exact) mass is 410 g/mol. The molecule has 29 heavy (non-hydrogen) atoms. The molecule has 0 aliphatic heterocycles. The van der Waals surface area contributed by atoms with Crippen molar-refractivity contribution in [2.75, 3.05) is 5.32 Å². The van der Waals surface area contributed by atoms with Gasteiger partial charge in [-0.05, 0) is 54.7 Å². The number of carbonyl (C=O) groups excluding carboxylic acids is 1. The fourth-order valence-electron chi connectivity index (χ4n) is 4.01. The SMILES string of the molecule is Cc1ccccc1NC(=O)Cn1nnc2sc3c(c2c1=O)CC[C@@H](C(C)(C)C)C3. The molecule has 6 nitrogen and oxygen atoms in total. The van der Waals surface area contributed by atoms with E-state index in [0.717, 1.165) is 36.1 Å². The Morgan fingerprint density at radius 2 is 2.07 bits per heavy atom. The Morgan fingerprint density at radius 3 is 2.79 bits per heavy atom. The predicted molar refractivity (Wildman–Crippen MR) is 116 cm³/mol. The van der Waals surface area contributed by atoms with E-state index in [2.05, 4.69) is 36.4 Å². The van der Waals surface area contributed by atoms with Crippen molar-refractivity contribution in [3.05, 3.63) is 50.6 Å². The smallest absolute Gasteiger partial charge is 0.279 e. The van der Waals surface area contributed by atoms with Crippen molar-refractivity contribution in [1.82, 2.24) is 15.0 Å². The summed E-state index contributed by atoms with van der Waals surface area (Å²) in [5.41, 5.74) is 2.84. The topological polar surface area (TPSA) is 76.9 Å². The Morgan fingerprint density at radius 1 is 1.31 bits per heavy atom. The number of hydrogen-bond acceptors (Lipinski definition) is 5. The minimum atomic E-state index is -0.285. The summed E-state index contributed by atoms with van der Waals surface area (Å²) in [7, 11) is 0. The predicted octanol–water partition coefficient (Wildman–Crippen LogP) is 3.95. The van der Waals surface area contributed by atoms with E-state index < -0.39 is 0 Å². The summed E-state index contributed by atoms with van der Waals surface area (Å²) in [4.78, 5) is 27.5. The molecular weight excluding hydrogens is 384 g/mol. The van der Waals surface area contributed by atoms with Crippen LogP contribution in [0, 0.1) is 18.3 Å². The van der Waals surface area contributed by atoms with E-state index in [1.54, 1.807) is 11.3 Å². The average molecular weight is 411 g/mol. The molecule has 1 amide bonds. The number of thiophene rings is 1. The Balaban J connectivity index is 1.61. The van der Waals surface area contributed by atoms with Gasteiger partial charge in [0, 0.05) is 10.6 Å². The van der Waals surface area contributed by atoms with Crippen molar-refractivity contribution >= 4 is 33.1 Å². The van der Waals surface area contributed by atoms with Crippen LogP contribution in [-0.4, -0.2) is 20.9 Å². The van der Waals surface area contributed by atoms with Crippen molar-refractivity contribution < 1.29 is 4.79 Å². The van der Waals surface area contributed by atoms with E-state index in [1.807, 2.05) is 31.2 Å². The van der Waals surface area contributed by atoms with Crippen LogP contribution in [0.4, 0.5) is 5.69 Å². The molecule has 1 aromatic carbocycles. The number of aryl methyl sites for hydroxylation is 2. The normalized spacial score (nSPS) is 16.6. The van der Waals surface area contributed by atoms with Crippen LogP contribution in [0.3, 0.4) is 0 Å². The summed E-state index contributed by atoms with van der Waals surface area (Å²) >= 11 is 1.58. The molecule has 0 radical (unpaired) electrons. The third kappa shape index (κ3) is 3.83. The van der Waals surface area contributed by atoms with Gasteiger partial charge in [0.1, 0.15) is 6.54 Å². The number of carbonyl (C=O) groups is 1. The van der Waals surface area contributed by atoms with Crippen molar-refractivity contribution in [2.45, 2.75) is 53.5 Å². The Hall–Kier alpha value is -2.54. The lowest BCUT2D eigenvalue weighted by atomic mass is 9.72. The molecule has 0 fully saturated rings. The van der Waals surface area contributed by atoms with Crippen molar-refractivity contribution in [1.29, 1.82) is 0 Å². The lowest BCUT2D eigenvalue weighted by Crippen LogP contribution is -2.31. The van der Waals surface area contributed by atoms with E-state index >= 15 is 0 Å². The van der Waals surface area contributed by atoms with Crippen LogP contribution in [-0.2, 0) is 24.2 Å². The van der Waals surface area contributed by atoms with Gasteiger partial charge in [-0.25, -0.2) is 4.68 Å². The molecule has 1 atom stereocenters. The summed E-state index contributed by atoms with van der Waals surface area (Å²) in [6.45, 7) is 8.60. The number of nitrogens with one attached hydrogen (secondary N) is 1. The molecule has 0 saturated carbocycles. The minimum absolute atomic E-state index is 0.147. The fraction of sp³-hybridized carbons (Fsp3) is 0.455. The molecule has 1 aliphatic carbocycles. The number of anilines is 1. The lowest BCUT2D eigenvalue weighted by molar-refractivity contribution is -0.117. The molecule has 1 aliphatic rings. The first-order chi connectivity index (χ1) is 13.7. The Bertz CT molecular complexity index is 1140. The van der Waals surface area contributed by atoms with E-state index in [-0.39, 0.29) is 23.4 Å². The van der Waals surface area contributed by atoms with Gasteiger partial charge in [0.15, 0.2) is 4.83 Å². The molecule has 0 saturated heterocycles. The molecule has 0 bridgehead atoms. The summed E-state index contributed by atoms with van der Waals surface area (Å²) < 4.78 is 1.18. The Labute approximate surface area is 173 Å². The van der Waals surface area contributed by atoms with E-state index in [4.69, 9.17) is 0 Å².